The highest BCUT2D eigenvalue weighted by Gasteiger charge is 2.56. The average molecular weight is 730 g/mol. The first kappa shape index (κ1) is 35.6. The second-order valence-corrected chi connectivity index (χ2v) is 13.1. The van der Waals surface area contributed by atoms with Gasteiger partial charge in [0, 0.05) is 22.4 Å². The molecule has 5 rings (SSSR count). The lowest BCUT2D eigenvalue weighted by Gasteiger charge is -2.45. The van der Waals surface area contributed by atoms with Crippen LogP contribution in [0.25, 0.3) is 0 Å². The summed E-state index contributed by atoms with van der Waals surface area (Å²) >= 11 is 3.55. The number of halogens is 1. The summed E-state index contributed by atoms with van der Waals surface area (Å²) in [6.07, 6.45) is -0.423. The van der Waals surface area contributed by atoms with Gasteiger partial charge in [0.2, 0.25) is 11.8 Å². The van der Waals surface area contributed by atoms with Gasteiger partial charge in [-0.2, -0.15) is 0 Å². The molecule has 0 aliphatic heterocycles. The first-order chi connectivity index (χ1) is 23.5. The molecule has 10 heteroatoms. The third kappa shape index (κ3) is 8.14. The maximum absolute atomic E-state index is 14.5. The Hall–Kier alpha value is -4.67. The lowest BCUT2D eigenvalue weighted by atomic mass is 9.61. The van der Waals surface area contributed by atoms with E-state index in [2.05, 4.69) is 26.6 Å². The van der Waals surface area contributed by atoms with Crippen molar-refractivity contribution in [3.05, 3.63) is 112 Å². The zero-order valence-electron chi connectivity index (χ0n) is 28.0. The van der Waals surface area contributed by atoms with Crippen molar-refractivity contribution in [2.24, 2.45) is 11.8 Å². The molecular weight excluding hydrogens is 688 g/mol. The Labute approximate surface area is 295 Å². The van der Waals surface area contributed by atoms with Crippen LogP contribution in [0.5, 0.6) is 17.2 Å². The van der Waals surface area contributed by atoms with E-state index in [4.69, 9.17) is 14.2 Å². The van der Waals surface area contributed by atoms with E-state index in [1.807, 2.05) is 45.0 Å². The van der Waals surface area contributed by atoms with E-state index in [-0.39, 0.29) is 6.61 Å². The number of aryl methyl sites for hydroxylation is 1. The zero-order chi connectivity index (χ0) is 35.1. The number of Topliss-reactive ketones (excluding diaryl/α,β-unsaturated/α-hetero) is 1. The molecular formula is C39H41BrN2O7. The molecule has 4 aromatic rings. The third-order valence-electron chi connectivity index (χ3n) is 8.70. The SMILES string of the molecule is CCOc1ccccc1NC(=O)C1C(=O)CC(C)(O)C(C(=O)Nc2ccccc2OCC)C1c1cc(Br)ccc1OCc1ccccc1C. The molecule has 49 heavy (non-hydrogen) atoms. The molecule has 0 saturated heterocycles. The number of aliphatic hydroxyl groups is 1. The molecule has 0 bridgehead atoms. The van der Waals surface area contributed by atoms with Crippen molar-refractivity contribution < 1.29 is 33.7 Å². The molecule has 0 heterocycles. The molecule has 0 radical (unpaired) electrons. The van der Waals surface area contributed by atoms with Gasteiger partial charge in [0.05, 0.1) is 36.1 Å². The maximum Gasteiger partial charge on any atom is 0.235 e. The normalized spacial score (nSPS) is 20.3. The van der Waals surface area contributed by atoms with E-state index in [0.717, 1.165) is 11.1 Å². The fourth-order valence-corrected chi connectivity index (χ4v) is 6.81. The van der Waals surface area contributed by atoms with E-state index in [0.29, 0.717) is 51.9 Å². The molecule has 1 fully saturated rings. The van der Waals surface area contributed by atoms with E-state index >= 15 is 0 Å². The molecule has 9 nitrogen and oxygen atoms in total. The standard InChI is InChI=1S/C39H41BrN2O7/c1-5-47-32-17-11-9-15-28(32)41-37(44)35-30(43)22-39(4,46)36(38(45)42-29-16-10-12-18-33(29)48-6-2)34(35)27-21-26(40)19-20-31(27)49-23-25-14-8-7-13-24(25)3/h7-21,34-36,46H,5-6,22-23H2,1-4H3,(H,41,44)(H,42,45). The van der Waals surface area contributed by atoms with Gasteiger partial charge in [0.1, 0.15) is 35.6 Å². The van der Waals surface area contributed by atoms with E-state index in [9.17, 15) is 19.5 Å². The Balaban J connectivity index is 1.63. The van der Waals surface area contributed by atoms with Crippen molar-refractivity contribution in [2.45, 2.75) is 52.2 Å². The number of carbonyl (C=O) groups is 3. The number of para-hydroxylation sites is 4. The van der Waals surface area contributed by atoms with Gasteiger partial charge < -0.3 is 30.0 Å². The summed E-state index contributed by atoms with van der Waals surface area (Å²) in [5.41, 5.74) is 1.36. The van der Waals surface area contributed by atoms with Gasteiger partial charge >= 0.3 is 0 Å². The molecule has 3 N–H and O–H groups in total. The van der Waals surface area contributed by atoms with Gasteiger partial charge in [0.25, 0.3) is 0 Å². The Morgan fingerprint density at radius 2 is 1.39 bits per heavy atom. The molecule has 0 aromatic heterocycles. The zero-order valence-corrected chi connectivity index (χ0v) is 29.6. The minimum Gasteiger partial charge on any atom is -0.492 e. The van der Waals surface area contributed by atoms with Gasteiger partial charge in [-0.25, -0.2) is 0 Å². The van der Waals surface area contributed by atoms with Crippen LogP contribution in [0.4, 0.5) is 11.4 Å². The van der Waals surface area contributed by atoms with Gasteiger partial charge in [-0.15, -0.1) is 0 Å². The smallest absolute Gasteiger partial charge is 0.235 e. The summed E-state index contributed by atoms with van der Waals surface area (Å²) in [4.78, 5) is 42.9. The predicted octanol–water partition coefficient (Wildman–Crippen LogP) is 7.45. The fraction of sp³-hybridized carbons (Fsp3) is 0.308. The Morgan fingerprint density at radius 1 is 0.816 bits per heavy atom. The summed E-state index contributed by atoms with van der Waals surface area (Å²) in [7, 11) is 0. The van der Waals surface area contributed by atoms with Crippen LogP contribution in [0.1, 0.15) is 49.8 Å². The van der Waals surface area contributed by atoms with Crippen LogP contribution in [0.2, 0.25) is 0 Å². The second kappa shape index (κ2) is 15.7. The summed E-state index contributed by atoms with van der Waals surface area (Å²) in [5.74, 6) is -4.23. The maximum atomic E-state index is 14.5. The summed E-state index contributed by atoms with van der Waals surface area (Å²) < 4.78 is 18.5. The fourth-order valence-electron chi connectivity index (χ4n) is 6.43. The first-order valence-electron chi connectivity index (χ1n) is 16.3. The number of hydrogen-bond donors (Lipinski definition) is 3. The molecule has 4 aromatic carbocycles. The van der Waals surface area contributed by atoms with Crippen molar-refractivity contribution >= 4 is 44.9 Å². The lowest BCUT2D eigenvalue weighted by Crippen LogP contribution is -2.56. The molecule has 256 valence electrons. The highest BCUT2D eigenvalue weighted by atomic mass is 79.9. The minimum atomic E-state index is -1.83. The van der Waals surface area contributed by atoms with Crippen LogP contribution in [-0.2, 0) is 21.0 Å². The van der Waals surface area contributed by atoms with E-state index in [1.54, 1.807) is 66.7 Å². The number of hydrogen-bond acceptors (Lipinski definition) is 7. The molecule has 1 saturated carbocycles. The highest BCUT2D eigenvalue weighted by Crippen LogP contribution is 2.50. The van der Waals surface area contributed by atoms with Crippen LogP contribution in [-0.4, -0.2) is 41.5 Å². The van der Waals surface area contributed by atoms with Crippen molar-refractivity contribution in [1.29, 1.82) is 0 Å². The third-order valence-corrected chi connectivity index (χ3v) is 9.19. The summed E-state index contributed by atoms with van der Waals surface area (Å²) in [6, 6.07) is 27.0. The largest absolute Gasteiger partial charge is 0.492 e. The van der Waals surface area contributed by atoms with Crippen LogP contribution in [0.15, 0.2) is 95.5 Å². The predicted molar refractivity (Wildman–Crippen MR) is 192 cm³/mol. The molecule has 1 aliphatic carbocycles. The lowest BCUT2D eigenvalue weighted by molar-refractivity contribution is -0.150. The second-order valence-electron chi connectivity index (χ2n) is 12.2. The highest BCUT2D eigenvalue weighted by molar-refractivity contribution is 9.10. The first-order valence-corrected chi connectivity index (χ1v) is 17.1. The number of amides is 2. The number of ketones is 1. The summed E-state index contributed by atoms with van der Waals surface area (Å²) in [5, 5.41) is 17.8. The van der Waals surface area contributed by atoms with Crippen LogP contribution >= 0.6 is 15.9 Å². The number of rotatable bonds is 12. The number of benzene rings is 4. The van der Waals surface area contributed by atoms with Crippen LogP contribution in [0.3, 0.4) is 0 Å². The Kier molecular flexibility index (Phi) is 11.4. The van der Waals surface area contributed by atoms with Crippen LogP contribution < -0.4 is 24.8 Å². The van der Waals surface area contributed by atoms with Crippen molar-refractivity contribution in [3.8, 4) is 17.2 Å². The summed E-state index contributed by atoms with van der Waals surface area (Å²) in [6.45, 7) is 8.06. The molecule has 1 aliphatic rings. The Bertz CT molecular complexity index is 1820. The van der Waals surface area contributed by atoms with Gasteiger partial charge in [0.15, 0.2) is 0 Å². The number of ether oxygens (including phenoxy) is 3. The van der Waals surface area contributed by atoms with E-state index in [1.165, 1.54) is 6.92 Å². The number of carbonyl (C=O) groups excluding carboxylic acids is 3. The minimum absolute atomic E-state index is 0.204. The monoisotopic (exact) mass is 728 g/mol. The quantitative estimate of drug-likeness (QED) is 0.130. The van der Waals surface area contributed by atoms with Crippen molar-refractivity contribution in [2.75, 3.05) is 23.8 Å². The topological polar surface area (TPSA) is 123 Å². The molecule has 0 spiro atoms. The average Bonchev–Trinajstić information content (AvgIpc) is 3.06. The van der Waals surface area contributed by atoms with Gasteiger partial charge in [-0.3, -0.25) is 14.4 Å². The number of anilines is 2. The van der Waals surface area contributed by atoms with Gasteiger partial charge in [-0.05, 0) is 81.3 Å². The van der Waals surface area contributed by atoms with Crippen LogP contribution in [0, 0.1) is 18.8 Å². The van der Waals surface area contributed by atoms with Crippen molar-refractivity contribution in [3.63, 3.8) is 0 Å². The Morgan fingerprint density at radius 3 is 2.00 bits per heavy atom. The van der Waals surface area contributed by atoms with Gasteiger partial charge in [-0.1, -0.05) is 64.5 Å². The van der Waals surface area contributed by atoms with E-state index < -0.39 is 47.4 Å². The van der Waals surface area contributed by atoms with Crippen molar-refractivity contribution in [1.82, 2.24) is 0 Å². The molecule has 2 amide bonds. The number of nitrogens with one attached hydrogen (secondary N) is 2. The molecule has 4 atom stereocenters. The molecule has 4 unspecified atom stereocenters.